The minimum Gasteiger partial charge on any atom is -0.388 e. The minimum atomic E-state index is 1.11. The van der Waals surface area contributed by atoms with Crippen LogP contribution >= 0.6 is 0 Å². The van der Waals surface area contributed by atoms with Gasteiger partial charge in [0, 0.05) is 12.2 Å². The molecule has 1 aliphatic rings. The Kier molecular flexibility index (Phi) is 3.21. The zero-order valence-corrected chi connectivity index (χ0v) is 7.48. The molecule has 0 aliphatic heterocycles. The zero-order chi connectivity index (χ0) is 8.10. The van der Waals surface area contributed by atoms with Crippen LogP contribution in [0, 0.1) is 0 Å². The van der Waals surface area contributed by atoms with Gasteiger partial charge in [0.25, 0.3) is 0 Å². The monoisotopic (exact) mass is 151 g/mol. The van der Waals surface area contributed by atoms with Gasteiger partial charge in [0.15, 0.2) is 0 Å². The molecule has 0 aromatic heterocycles. The molecule has 0 radical (unpaired) electrons. The van der Waals surface area contributed by atoms with E-state index in [0.717, 1.165) is 6.54 Å². The highest BCUT2D eigenvalue weighted by molar-refractivity contribution is 5.21. The van der Waals surface area contributed by atoms with Crippen LogP contribution < -0.4 is 5.32 Å². The summed E-state index contributed by atoms with van der Waals surface area (Å²) >= 11 is 0. The van der Waals surface area contributed by atoms with E-state index >= 15 is 0 Å². The third-order valence-corrected chi connectivity index (χ3v) is 1.96. The molecular weight excluding hydrogens is 134 g/mol. The lowest BCUT2D eigenvalue weighted by atomic mass is 10.0. The first-order valence-corrected chi connectivity index (χ1v) is 4.43. The lowest BCUT2D eigenvalue weighted by molar-refractivity contribution is 0.715. The molecule has 11 heavy (non-hydrogen) atoms. The molecule has 0 heterocycles. The Balaban J connectivity index is 2.35. The predicted molar refractivity (Wildman–Crippen MR) is 49.4 cm³/mol. The summed E-state index contributed by atoms with van der Waals surface area (Å²) in [7, 11) is 0. The summed E-state index contributed by atoms with van der Waals surface area (Å²) in [6.07, 6.45) is 8.04. The summed E-state index contributed by atoms with van der Waals surface area (Å²) < 4.78 is 0. The maximum Gasteiger partial charge on any atom is 0.0141 e. The summed E-state index contributed by atoms with van der Waals surface area (Å²) in [5, 5.41) is 3.41. The second-order valence-corrected chi connectivity index (χ2v) is 3.13. The van der Waals surface area contributed by atoms with Gasteiger partial charge in [-0.15, -0.1) is 0 Å². The largest absolute Gasteiger partial charge is 0.388 e. The highest BCUT2D eigenvalue weighted by Gasteiger charge is 2.00. The molecule has 1 aliphatic carbocycles. The van der Waals surface area contributed by atoms with Crippen molar-refractivity contribution in [2.75, 3.05) is 6.54 Å². The van der Waals surface area contributed by atoms with Crippen LogP contribution in [0.4, 0.5) is 0 Å². The van der Waals surface area contributed by atoms with Gasteiger partial charge in [-0.25, -0.2) is 0 Å². The number of hydrogen-bond acceptors (Lipinski definition) is 1. The van der Waals surface area contributed by atoms with Gasteiger partial charge in [-0.3, -0.25) is 0 Å². The second-order valence-electron chi connectivity index (χ2n) is 3.13. The van der Waals surface area contributed by atoms with Gasteiger partial charge in [-0.2, -0.15) is 0 Å². The van der Waals surface area contributed by atoms with Crippen LogP contribution in [0.2, 0.25) is 0 Å². The fourth-order valence-electron chi connectivity index (χ4n) is 1.17. The maximum absolute atomic E-state index is 3.41. The number of rotatable bonds is 3. The van der Waals surface area contributed by atoms with Crippen molar-refractivity contribution in [3.05, 3.63) is 23.4 Å². The Morgan fingerprint density at radius 3 is 2.73 bits per heavy atom. The van der Waals surface area contributed by atoms with Gasteiger partial charge in [0.05, 0.1) is 0 Å². The molecule has 0 fully saturated rings. The molecule has 0 saturated heterocycles. The first kappa shape index (κ1) is 8.38. The molecule has 0 atom stereocenters. The van der Waals surface area contributed by atoms with Crippen molar-refractivity contribution < 1.29 is 0 Å². The van der Waals surface area contributed by atoms with Crippen molar-refractivity contribution >= 4 is 0 Å². The lowest BCUT2D eigenvalue weighted by Crippen LogP contribution is -2.15. The third kappa shape index (κ3) is 2.79. The van der Waals surface area contributed by atoms with Gasteiger partial charge in [0.2, 0.25) is 0 Å². The molecule has 1 heteroatoms. The van der Waals surface area contributed by atoms with Crippen LogP contribution in [0.25, 0.3) is 0 Å². The number of allylic oxidation sites excluding steroid dienone is 4. The van der Waals surface area contributed by atoms with Crippen LogP contribution in [0.15, 0.2) is 23.4 Å². The van der Waals surface area contributed by atoms with E-state index in [1.807, 2.05) is 0 Å². The van der Waals surface area contributed by atoms with Crippen LogP contribution in [-0.2, 0) is 0 Å². The molecule has 0 saturated carbocycles. The van der Waals surface area contributed by atoms with Gasteiger partial charge in [-0.05, 0) is 32.3 Å². The molecule has 0 spiro atoms. The quantitative estimate of drug-likeness (QED) is 0.653. The fourth-order valence-corrected chi connectivity index (χ4v) is 1.17. The van der Waals surface area contributed by atoms with E-state index in [9.17, 15) is 0 Å². The summed E-state index contributed by atoms with van der Waals surface area (Å²) in [6.45, 7) is 5.49. The van der Waals surface area contributed by atoms with Crippen molar-refractivity contribution in [2.45, 2.75) is 33.1 Å². The topological polar surface area (TPSA) is 12.0 Å². The van der Waals surface area contributed by atoms with Gasteiger partial charge in [-0.1, -0.05) is 18.6 Å². The van der Waals surface area contributed by atoms with Crippen molar-refractivity contribution in [2.24, 2.45) is 0 Å². The highest BCUT2D eigenvalue weighted by Crippen LogP contribution is 2.15. The summed E-state index contributed by atoms with van der Waals surface area (Å²) in [4.78, 5) is 0. The number of hydrogen-bond donors (Lipinski definition) is 1. The Morgan fingerprint density at radius 2 is 2.18 bits per heavy atom. The van der Waals surface area contributed by atoms with Gasteiger partial charge >= 0.3 is 0 Å². The molecule has 0 amide bonds. The van der Waals surface area contributed by atoms with Gasteiger partial charge in [0.1, 0.15) is 0 Å². The second kappa shape index (κ2) is 4.22. The summed E-state index contributed by atoms with van der Waals surface area (Å²) in [5.74, 6) is 0. The van der Waals surface area contributed by atoms with Crippen LogP contribution in [0.5, 0.6) is 0 Å². The molecule has 1 nitrogen and oxygen atoms in total. The highest BCUT2D eigenvalue weighted by atomic mass is 14.9. The Hall–Kier alpha value is -0.720. The first-order chi connectivity index (χ1) is 5.33. The molecule has 0 unspecified atom stereocenters. The maximum atomic E-state index is 3.41. The van der Waals surface area contributed by atoms with E-state index in [1.54, 1.807) is 0 Å². The Labute approximate surface area is 69.2 Å². The lowest BCUT2D eigenvalue weighted by Gasteiger charge is -2.13. The predicted octanol–water partition coefficient (Wildman–Crippen LogP) is 2.61. The molecular formula is C10H17N. The van der Waals surface area contributed by atoms with Crippen molar-refractivity contribution in [1.82, 2.24) is 5.32 Å². The van der Waals surface area contributed by atoms with E-state index < -0.39 is 0 Å². The fraction of sp³-hybridized carbons (Fsp3) is 0.600. The molecule has 0 aromatic rings. The van der Waals surface area contributed by atoms with Crippen molar-refractivity contribution in [1.29, 1.82) is 0 Å². The van der Waals surface area contributed by atoms with Gasteiger partial charge < -0.3 is 5.32 Å². The van der Waals surface area contributed by atoms with Crippen molar-refractivity contribution in [3.8, 4) is 0 Å². The molecule has 62 valence electrons. The third-order valence-electron chi connectivity index (χ3n) is 1.96. The average molecular weight is 151 g/mol. The van der Waals surface area contributed by atoms with Crippen LogP contribution in [0.3, 0.4) is 0 Å². The molecule has 1 rings (SSSR count). The van der Waals surface area contributed by atoms with E-state index in [1.165, 1.54) is 30.5 Å². The SMILES string of the molecule is CCCNC1=CC=C(C)CC1. The molecule has 0 bridgehead atoms. The van der Waals surface area contributed by atoms with E-state index in [-0.39, 0.29) is 0 Å². The van der Waals surface area contributed by atoms with E-state index in [0.29, 0.717) is 0 Å². The smallest absolute Gasteiger partial charge is 0.0141 e. The Morgan fingerprint density at radius 1 is 1.36 bits per heavy atom. The average Bonchev–Trinajstić information content (AvgIpc) is 2.04. The summed E-state index contributed by atoms with van der Waals surface area (Å²) in [5.41, 5.74) is 2.89. The standard InChI is InChI=1S/C10H17N/c1-3-8-11-10-6-4-9(2)5-7-10/h4,6,11H,3,5,7-8H2,1-2H3. The number of nitrogens with one attached hydrogen (secondary N) is 1. The van der Waals surface area contributed by atoms with Crippen LogP contribution in [-0.4, -0.2) is 6.54 Å². The zero-order valence-electron chi connectivity index (χ0n) is 7.48. The van der Waals surface area contributed by atoms with Crippen molar-refractivity contribution in [3.63, 3.8) is 0 Å². The van der Waals surface area contributed by atoms with E-state index in [2.05, 4.69) is 31.3 Å². The molecule has 1 N–H and O–H groups in total. The van der Waals surface area contributed by atoms with Crippen LogP contribution in [0.1, 0.15) is 33.1 Å². The van der Waals surface area contributed by atoms with E-state index in [4.69, 9.17) is 0 Å². The molecule has 0 aromatic carbocycles. The summed E-state index contributed by atoms with van der Waals surface area (Å²) in [6, 6.07) is 0. The first-order valence-electron chi connectivity index (χ1n) is 4.43. The minimum absolute atomic E-state index is 1.11. The Bertz CT molecular complexity index is 177. The normalized spacial score (nSPS) is 17.3.